The van der Waals surface area contributed by atoms with E-state index in [4.69, 9.17) is 0 Å². The third-order valence-corrected chi connectivity index (χ3v) is 3.30. The van der Waals surface area contributed by atoms with E-state index in [2.05, 4.69) is 15.5 Å². The molecule has 1 aromatic carbocycles. The Labute approximate surface area is 112 Å². The highest BCUT2D eigenvalue weighted by atomic mass is 19.1. The Bertz CT molecular complexity index is 550. The minimum absolute atomic E-state index is 0.0668. The van der Waals surface area contributed by atoms with Crippen molar-refractivity contribution in [2.24, 2.45) is 0 Å². The molecular weight excluding hydrogens is 243 g/mol. The summed E-state index contributed by atoms with van der Waals surface area (Å²) >= 11 is 0. The summed E-state index contributed by atoms with van der Waals surface area (Å²) in [5.41, 5.74) is 1.60. The summed E-state index contributed by atoms with van der Waals surface area (Å²) in [5.74, 6) is 0.727. The van der Waals surface area contributed by atoms with Crippen molar-refractivity contribution in [3.05, 3.63) is 47.3 Å². The highest BCUT2D eigenvalue weighted by Crippen LogP contribution is 2.16. The first-order chi connectivity index (χ1) is 9.11. The van der Waals surface area contributed by atoms with Crippen molar-refractivity contribution in [1.29, 1.82) is 0 Å². The molecule has 5 heteroatoms. The maximum absolute atomic E-state index is 13.5. The summed E-state index contributed by atoms with van der Waals surface area (Å²) in [6.07, 6.45) is 1.72. The van der Waals surface area contributed by atoms with Gasteiger partial charge in [-0.25, -0.2) is 4.39 Å². The summed E-state index contributed by atoms with van der Waals surface area (Å²) in [4.78, 5) is 0. The van der Waals surface area contributed by atoms with Crippen molar-refractivity contribution in [3.63, 3.8) is 0 Å². The van der Waals surface area contributed by atoms with Crippen LogP contribution in [-0.2, 0) is 13.1 Å². The zero-order valence-electron chi connectivity index (χ0n) is 11.5. The van der Waals surface area contributed by atoms with Crippen molar-refractivity contribution in [1.82, 2.24) is 20.1 Å². The van der Waals surface area contributed by atoms with Gasteiger partial charge in [-0.05, 0) is 38.0 Å². The van der Waals surface area contributed by atoms with Gasteiger partial charge in [0.25, 0.3) is 0 Å². The second kappa shape index (κ2) is 5.93. The van der Waals surface area contributed by atoms with E-state index in [9.17, 15) is 4.39 Å². The highest BCUT2D eigenvalue weighted by molar-refractivity contribution is 5.25. The minimum Gasteiger partial charge on any atom is -0.317 e. The number of nitrogens with one attached hydrogen (secondary N) is 1. The molecule has 1 N–H and O–H groups in total. The number of hydrogen-bond donors (Lipinski definition) is 1. The first kappa shape index (κ1) is 13.7. The van der Waals surface area contributed by atoms with E-state index < -0.39 is 0 Å². The maximum Gasteiger partial charge on any atom is 0.146 e. The molecule has 0 spiro atoms. The van der Waals surface area contributed by atoms with Gasteiger partial charge in [-0.1, -0.05) is 12.1 Å². The van der Waals surface area contributed by atoms with E-state index in [0.717, 1.165) is 17.9 Å². The molecule has 1 heterocycles. The summed E-state index contributed by atoms with van der Waals surface area (Å²) < 4.78 is 15.5. The zero-order chi connectivity index (χ0) is 13.8. The van der Waals surface area contributed by atoms with Crippen LogP contribution < -0.4 is 5.32 Å². The molecule has 0 bridgehead atoms. The Kier molecular flexibility index (Phi) is 4.27. The molecule has 0 aliphatic carbocycles. The molecule has 2 aromatic rings. The smallest absolute Gasteiger partial charge is 0.146 e. The van der Waals surface area contributed by atoms with Crippen LogP contribution in [0.15, 0.2) is 24.5 Å². The van der Waals surface area contributed by atoms with Crippen molar-refractivity contribution < 1.29 is 4.39 Å². The molecule has 102 valence electrons. The second-order valence-electron chi connectivity index (χ2n) is 4.64. The van der Waals surface area contributed by atoms with Gasteiger partial charge in [-0.3, -0.25) is 0 Å². The number of aromatic nitrogens is 3. The topological polar surface area (TPSA) is 42.7 Å². The quantitative estimate of drug-likeness (QED) is 0.900. The van der Waals surface area contributed by atoms with E-state index in [0.29, 0.717) is 12.1 Å². The second-order valence-corrected chi connectivity index (χ2v) is 4.64. The van der Waals surface area contributed by atoms with Crippen LogP contribution >= 0.6 is 0 Å². The lowest BCUT2D eigenvalue weighted by Crippen LogP contribution is -2.20. The molecule has 0 saturated carbocycles. The van der Waals surface area contributed by atoms with E-state index in [-0.39, 0.29) is 11.9 Å². The molecule has 4 nitrogen and oxygen atoms in total. The molecule has 2 rings (SSSR count). The SMILES string of the molecule is CCn1cnnc1CNC(C)c1ccc(C)c(F)c1. The van der Waals surface area contributed by atoms with Crippen molar-refractivity contribution in [3.8, 4) is 0 Å². The molecule has 1 aromatic heterocycles. The molecule has 0 aliphatic heterocycles. The van der Waals surface area contributed by atoms with Crippen LogP contribution in [0.25, 0.3) is 0 Å². The average Bonchev–Trinajstić information content (AvgIpc) is 2.86. The first-order valence-corrected chi connectivity index (χ1v) is 6.48. The van der Waals surface area contributed by atoms with Gasteiger partial charge in [0.15, 0.2) is 0 Å². The van der Waals surface area contributed by atoms with Crippen LogP contribution in [0.1, 0.15) is 36.8 Å². The van der Waals surface area contributed by atoms with Gasteiger partial charge < -0.3 is 9.88 Å². The summed E-state index contributed by atoms with van der Waals surface area (Å²) in [6, 6.07) is 5.40. The predicted molar refractivity (Wildman–Crippen MR) is 72.1 cm³/mol. The van der Waals surface area contributed by atoms with Gasteiger partial charge in [0, 0.05) is 12.6 Å². The molecule has 0 fully saturated rings. The summed E-state index contributed by atoms with van der Waals surface area (Å²) in [7, 11) is 0. The Morgan fingerprint density at radius 2 is 2.21 bits per heavy atom. The van der Waals surface area contributed by atoms with Crippen LogP contribution in [0, 0.1) is 12.7 Å². The van der Waals surface area contributed by atoms with Crippen LogP contribution in [0.3, 0.4) is 0 Å². The molecular formula is C14H19FN4. The predicted octanol–water partition coefficient (Wildman–Crippen LogP) is 2.60. The molecule has 0 amide bonds. The zero-order valence-corrected chi connectivity index (χ0v) is 11.5. The maximum atomic E-state index is 13.5. The number of halogens is 1. The normalized spacial score (nSPS) is 12.6. The molecule has 19 heavy (non-hydrogen) atoms. The minimum atomic E-state index is -0.164. The van der Waals surface area contributed by atoms with Gasteiger partial charge in [-0.2, -0.15) is 0 Å². The van der Waals surface area contributed by atoms with E-state index in [1.807, 2.05) is 24.5 Å². The Balaban J connectivity index is 2.01. The molecule has 0 aliphatic rings. The monoisotopic (exact) mass is 262 g/mol. The van der Waals surface area contributed by atoms with Crippen LogP contribution in [0.4, 0.5) is 4.39 Å². The first-order valence-electron chi connectivity index (χ1n) is 6.48. The van der Waals surface area contributed by atoms with Crippen molar-refractivity contribution in [2.75, 3.05) is 0 Å². The number of benzene rings is 1. The lowest BCUT2D eigenvalue weighted by molar-refractivity contribution is 0.534. The van der Waals surface area contributed by atoms with Gasteiger partial charge >= 0.3 is 0 Å². The van der Waals surface area contributed by atoms with Crippen LogP contribution in [0.5, 0.6) is 0 Å². The fourth-order valence-electron chi connectivity index (χ4n) is 1.92. The fraction of sp³-hybridized carbons (Fsp3) is 0.429. The van der Waals surface area contributed by atoms with Crippen molar-refractivity contribution in [2.45, 2.75) is 39.9 Å². The van der Waals surface area contributed by atoms with E-state index >= 15 is 0 Å². The van der Waals surface area contributed by atoms with Crippen molar-refractivity contribution >= 4 is 0 Å². The standard InChI is InChI=1S/C14H19FN4/c1-4-19-9-17-18-14(19)8-16-11(3)12-6-5-10(2)13(15)7-12/h5-7,9,11,16H,4,8H2,1-3H3. The van der Waals surface area contributed by atoms with E-state index in [1.165, 1.54) is 0 Å². The Hall–Kier alpha value is -1.75. The highest BCUT2D eigenvalue weighted by Gasteiger charge is 2.09. The van der Waals surface area contributed by atoms with Gasteiger partial charge in [0.05, 0.1) is 6.54 Å². The fourth-order valence-corrected chi connectivity index (χ4v) is 1.92. The lowest BCUT2D eigenvalue weighted by atomic mass is 10.1. The van der Waals surface area contributed by atoms with Gasteiger partial charge in [0.1, 0.15) is 18.0 Å². The van der Waals surface area contributed by atoms with Crippen LogP contribution in [-0.4, -0.2) is 14.8 Å². The lowest BCUT2D eigenvalue weighted by Gasteiger charge is -2.14. The largest absolute Gasteiger partial charge is 0.317 e. The van der Waals surface area contributed by atoms with Crippen LogP contribution in [0.2, 0.25) is 0 Å². The Morgan fingerprint density at radius 3 is 2.89 bits per heavy atom. The molecule has 0 radical (unpaired) electrons. The van der Waals surface area contributed by atoms with Gasteiger partial charge in [0.2, 0.25) is 0 Å². The van der Waals surface area contributed by atoms with E-state index in [1.54, 1.807) is 25.4 Å². The van der Waals surface area contributed by atoms with Gasteiger partial charge in [-0.15, -0.1) is 10.2 Å². The summed E-state index contributed by atoms with van der Waals surface area (Å²) in [6.45, 7) is 7.28. The summed E-state index contributed by atoms with van der Waals surface area (Å²) in [5, 5.41) is 11.3. The number of hydrogen-bond acceptors (Lipinski definition) is 3. The average molecular weight is 262 g/mol. The Morgan fingerprint density at radius 1 is 1.42 bits per heavy atom. The number of nitrogens with zero attached hydrogens (tertiary/aromatic N) is 3. The molecule has 0 saturated heterocycles. The third kappa shape index (κ3) is 3.17. The molecule has 1 atom stereocenters. The number of rotatable bonds is 5. The third-order valence-electron chi connectivity index (χ3n) is 3.30. The molecule has 1 unspecified atom stereocenters. The number of aryl methyl sites for hydroxylation is 2.